The van der Waals surface area contributed by atoms with Crippen molar-refractivity contribution >= 4 is 0 Å². The smallest absolute Gasteiger partial charge is 0.115 e. The van der Waals surface area contributed by atoms with E-state index in [0.29, 0.717) is 0 Å². The van der Waals surface area contributed by atoms with Crippen molar-refractivity contribution in [3.05, 3.63) is 24.3 Å². The van der Waals surface area contributed by atoms with Gasteiger partial charge in [-0.15, -0.1) is 0 Å². The van der Waals surface area contributed by atoms with Crippen LogP contribution >= 0.6 is 0 Å². The van der Waals surface area contributed by atoms with E-state index in [9.17, 15) is 0 Å². The maximum Gasteiger partial charge on any atom is 0.115 e. The SMILES string of the molecule is CCCNC1CC2CCCC(C1)N2Cc1ccncn1. The standard InChI is InChI=1S/C16H26N4/c1-2-7-18-14-9-15-4-3-5-16(10-14)20(15)11-13-6-8-17-12-19-13/h6,8,12,14-16,18H,2-5,7,9-11H2,1H3. The maximum absolute atomic E-state index is 4.40. The summed E-state index contributed by atoms with van der Waals surface area (Å²) in [4.78, 5) is 11.1. The fourth-order valence-corrected chi connectivity index (χ4v) is 3.85. The van der Waals surface area contributed by atoms with Gasteiger partial charge in [0.25, 0.3) is 0 Å². The van der Waals surface area contributed by atoms with Crippen LogP contribution in [-0.2, 0) is 6.54 Å². The van der Waals surface area contributed by atoms with Gasteiger partial charge in [-0.3, -0.25) is 4.90 Å². The molecule has 2 bridgehead atoms. The minimum atomic E-state index is 0.729. The van der Waals surface area contributed by atoms with Crippen molar-refractivity contribution in [2.45, 2.75) is 70.1 Å². The molecule has 2 atom stereocenters. The van der Waals surface area contributed by atoms with Gasteiger partial charge in [0.2, 0.25) is 0 Å². The molecule has 2 aliphatic rings. The molecule has 110 valence electrons. The zero-order valence-corrected chi connectivity index (χ0v) is 12.5. The number of fused-ring (bicyclic) bond motifs is 2. The summed E-state index contributed by atoms with van der Waals surface area (Å²) in [7, 11) is 0. The van der Waals surface area contributed by atoms with Crippen molar-refractivity contribution in [3.8, 4) is 0 Å². The molecule has 3 rings (SSSR count). The molecule has 2 aliphatic heterocycles. The minimum Gasteiger partial charge on any atom is -0.314 e. The van der Waals surface area contributed by atoms with E-state index in [1.807, 2.05) is 6.20 Å². The van der Waals surface area contributed by atoms with Crippen molar-refractivity contribution in [2.24, 2.45) is 0 Å². The largest absolute Gasteiger partial charge is 0.314 e. The molecule has 0 saturated carbocycles. The normalized spacial score (nSPS) is 30.4. The van der Waals surface area contributed by atoms with Gasteiger partial charge in [0.1, 0.15) is 6.33 Å². The van der Waals surface area contributed by atoms with Crippen LogP contribution in [0.25, 0.3) is 0 Å². The van der Waals surface area contributed by atoms with Crippen molar-refractivity contribution in [3.63, 3.8) is 0 Å². The maximum atomic E-state index is 4.40. The Kier molecular flexibility index (Phi) is 4.63. The monoisotopic (exact) mass is 274 g/mol. The van der Waals surface area contributed by atoms with Crippen LogP contribution in [0.2, 0.25) is 0 Å². The predicted molar refractivity (Wildman–Crippen MR) is 80.3 cm³/mol. The second-order valence-corrected chi connectivity index (χ2v) is 6.23. The van der Waals surface area contributed by atoms with Gasteiger partial charge in [0.15, 0.2) is 0 Å². The Hall–Kier alpha value is -1.00. The first-order valence-electron chi connectivity index (χ1n) is 8.11. The summed E-state index contributed by atoms with van der Waals surface area (Å²) in [5.41, 5.74) is 1.16. The molecule has 2 fully saturated rings. The lowest BCUT2D eigenvalue weighted by atomic mass is 9.81. The number of nitrogens with one attached hydrogen (secondary N) is 1. The first-order valence-corrected chi connectivity index (χ1v) is 8.11. The van der Waals surface area contributed by atoms with Crippen LogP contribution in [0, 0.1) is 0 Å². The number of rotatable bonds is 5. The molecule has 1 aromatic heterocycles. The van der Waals surface area contributed by atoms with Gasteiger partial charge in [-0.1, -0.05) is 13.3 Å². The second-order valence-electron chi connectivity index (χ2n) is 6.23. The molecule has 2 saturated heterocycles. The third-order valence-corrected chi connectivity index (χ3v) is 4.80. The molecule has 0 amide bonds. The van der Waals surface area contributed by atoms with Gasteiger partial charge >= 0.3 is 0 Å². The summed E-state index contributed by atoms with van der Waals surface area (Å²) in [6, 6.07) is 4.27. The summed E-state index contributed by atoms with van der Waals surface area (Å²) in [5, 5.41) is 3.73. The first-order chi connectivity index (χ1) is 9.86. The lowest BCUT2D eigenvalue weighted by molar-refractivity contribution is 0.0168. The van der Waals surface area contributed by atoms with Gasteiger partial charge in [0, 0.05) is 30.9 Å². The van der Waals surface area contributed by atoms with Crippen LogP contribution < -0.4 is 5.32 Å². The third-order valence-electron chi connectivity index (χ3n) is 4.80. The van der Waals surface area contributed by atoms with Crippen LogP contribution in [0.1, 0.15) is 51.1 Å². The highest BCUT2D eigenvalue weighted by atomic mass is 15.2. The molecule has 2 unspecified atom stereocenters. The number of piperidine rings is 2. The highest BCUT2D eigenvalue weighted by Crippen LogP contribution is 2.34. The molecule has 4 nitrogen and oxygen atoms in total. The van der Waals surface area contributed by atoms with E-state index in [0.717, 1.165) is 36.9 Å². The van der Waals surface area contributed by atoms with Gasteiger partial charge in [0.05, 0.1) is 5.69 Å². The summed E-state index contributed by atoms with van der Waals surface area (Å²) in [6.45, 7) is 4.41. The number of hydrogen-bond acceptors (Lipinski definition) is 4. The first kappa shape index (κ1) is 14.0. The Morgan fingerprint density at radius 3 is 2.75 bits per heavy atom. The van der Waals surface area contributed by atoms with Crippen molar-refractivity contribution < 1.29 is 0 Å². The minimum absolute atomic E-state index is 0.729. The number of nitrogens with zero attached hydrogens (tertiary/aromatic N) is 3. The lowest BCUT2D eigenvalue weighted by Crippen LogP contribution is -2.55. The molecule has 1 N–H and O–H groups in total. The Morgan fingerprint density at radius 2 is 2.10 bits per heavy atom. The van der Waals surface area contributed by atoms with E-state index in [1.165, 1.54) is 38.5 Å². The van der Waals surface area contributed by atoms with E-state index < -0.39 is 0 Å². The molecule has 0 spiro atoms. The molecular formula is C16H26N4. The summed E-state index contributed by atoms with van der Waals surface area (Å²) >= 11 is 0. The van der Waals surface area contributed by atoms with Crippen molar-refractivity contribution in [1.29, 1.82) is 0 Å². The van der Waals surface area contributed by atoms with E-state index in [4.69, 9.17) is 0 Å². The molecule has 3 heterocycles. The van der Waals surface area contributed by atoms with E-state index >= 15 is 0 Å². The molecule has 20 heavy (non-hydrogen) atoms. The topological polar surface area (TPSA) is 41.0 Å². The number of hydrogen-bond donors (Lipinski definition) is 1. The highest BCUT2D eigenvalue weighted by molar-refractivity contribution is 5.02. The van der Waals surface area contributed by atoms with Gasteiger partial charge < -0.3 is 5.32 Å². The zero-order chi connectivity index (χ0) is 13.8. The Balaban J connectivity index is 1.64. The second kappa shape index (κ2) is 6.64. The molecule has 0 aliphatic carbocycles. The van der Waals surface area contributed by atoms with Crippen LogP contribution in [0.15, 0.2) is 18.6 Å². The van der Waals surface area contributed by atoms with E-state index in [1.54, 1.807) is 6.33 Å². The van der Waals surface area contributed by atoms with Gasteiger partial charge in [-0.05, 0) is 44.7 Å². The van der Waals surface area contributed by atoms with Crippen LogP contribution in [0.3, 0.4) is 0 Å². The fourth-order valence-electron chi connectivity index (χ4n) is 3.85. The average Bonchev–Trinajstić information content (AvgIpc) is 2.46. The third kappa shape index (κ3) is 3.18. The van der Waals surface area contributed by atoms with Crippen molar-refractivity contribution in [2.75, 3.05) is 6.54 Å². The van der Waals surface area contributed by atoms with E-state index in [2.05, 4.69) is 33.2 Å². The average molecular weight is 274 g/mol. The summed E-state index contributed by atoms with van der Waals surface area (Å²) in [5.74, 6) is 0. The van der Waals surface area contributed by atoms with Gasteiger partial charge in [-0.25, -0.2) is 9.97 Å². The lowest BCUT2D eigenvalue weighted by Gasteiger charge is -2.49. The Labute approximate surface area is 122 Å². The van der Waals surface area contributed by atoms with Crippen LogP contribution in [0.4, 0.5) is 0 Å². The molecule has 1 aromatic rings. The molecule has 0 aromatic carbocycles. The summed E-state index contributed by atoms with van der Waals surface area (Å²) in [6.07, 6.45) is 11.5. The predicted octanol–water partition coefficient (Wildman–Crippen LogP) is 2.36. The zero-order valence-electron chi connectivity index (χ0n) is 12.5. The quantitative estimate of drug-likeness (QED) is 0.895. The number of aromatic nitrogens is 2. The van der Waals surface area contributed by atoms with E-state index in [-0.39, 0.29) is 0 Å². The fraction of sp³-hybridized carbons (Fsp3) is 0.750. The van der Waals surface area contributed by atoms with Crippen molar-refractivity contribution in [1.82, 2.24) is 20.2 Å². The van der Waals surface area contributed by atoms with Crippen LogP contribution in [0.5, 0.6) is 0 Å². The highest BCUT2D eigenvalue weighted by Gasteiger charge is 2.37. The Morgan fingerprint density at radius 1 is 1.30 bits per heavy atom. The molecule has 0 radical (unpaired) electrons. The van der Waals surface area contributed by atoms with Crippen LogP contribution in [-0.4, -0.2) is 39.5 Å². The van der Waals surface area contributed by atoms with Gasteiger partial charge in [-0.2, -0.15) is 0 Å². The Bertz CT molecular complexity index is 394. The molecule has 4 heteroatoms. The molecular weight excluding hydrogens is 248 g/mol. The summed E-state index contributed by atoms with van der Waals surface area (Å²) < 4.78 is 0.